The molecule has 0 aliphatic rings. The molecule has 3 heteroatoms. The van der Waals surface area contributed by atoms with Gasteiger partial charge in [-0.25, -0.2) is 0 Å². The van der Waals surface area contributed by atoms with Gasteiger partial charge in [-0.15, -0.1) is 11.6 Å². The first-order valence-corrected chi connectivity index (χ1v) is 3.91. The van der Waals surface area contributed by atoms with Crippen molar-refractivity contribution < 1.29 is 9.21 Å². The molecule has 0 amide bonds. The third-order valence-electron chi connectivity index (χ3n) is 1.47. The number of halogens is 1. The fourth-order valence-corrected chi connectivity index (χ4v) is 0.922. The van der Waals surface area contributed by atoms with Gasteiger partial charge in [-0.2, -0.15) is 0 Å². The molecule has 1 aromatic rings. The molecule has 0 bridgehead atoms. The van der Waals surface area contributed by atoms with Gasteiger partial charge in [0.25, 0.3) is 0 Å². The minimum atomic E-state index is -0.174. The summed E-state index contributed by atoms with van der Waals surface area (Å²) in [6.45, 7) is 1.78. The Morgan fingerprint density at radius 3 is 2.91 bits per heavy atom. The fraction of sp³-hybridized carbons (Fsp3) is 0.375. The smallest absolute Gasteiger partial charge is 0.130 e. The van der Waals surface area contributed by atoms with Crippen LogP contribution in [0.1, 0.15) is 24.4 Å². The molecular formula is C8H9ClO2. The second kappa shape index (κ2) is 3.58. The molecule has 0 saturated carbocycles. The van der Waals surface area contributed by atoms with Crippen molar-refractivity contribution in [2.45, 2.75) is 18.7 Å². The summed E-state index contributed by atoms with van der Waals surface area (Å²) in [4.78, 5) is 10.3. The van der Waals surface area contributed by atoms with Crippen molar-refractivity contribution >= 4 is 17.9 Å². The summed E-state index contributed by atoms with van der Waals surface area (Å²) in [7, 11) is 0. The van der Waals surface area contributed by atoms with Gasteiger partial charge in [0.1, 0.15) is 17.8 Å². The average Bonchev–Trinajstić information content (AvgIpc) is 2.50. The quantitative estimate of drug-likeness (QED) is 0.518. The van der Waals surface area contributed by atoms with E-state index >= 15 is 0 Å². The Hall–Kier alpha value is -0.760. The third-order valence-corrected chi connectivity index (χ3v) is 1.73. The van der Waals surface area contributed by atoms with E-state index < -0.39 is 0 Å². The molecular weight excluding hydrogens is 164 g/mol. The molecule has 1 unspecified atom stereocenters. The zero-order chi connectivity index (χ0) is 8.27. The number of furan rings is 1. The van der Waals surface area contributed by atoms with E-state index in [2.05, 4.69) is 0 Å². The zero-order valence-electron chi connectivity index (χ0n) is 6.21. The maximum Gasteiger partial charge on any atom is 0.130 e. The van der Waals surface area contributed by atoms with Crippen molar-refractivity contribution in [3.8, 4) is 0 Å². The largest absolute Gasteiger partial charge is 0.464 e. The van der Waals surface area contributed by atoms with Gasteiger partial charge in [0.2, 0.25) is 0 Å². The molecule has 2 nitrogen and oxygen atoms in total. The molecule has 1 heterocycles. The predicted octanol–water partition coefficient (Wildman–Crippen LogP) is 2.32. The van der Waals surface area contributed by atoms with Crippen molar-refractivity contribution in [3.05, 3.63) is 23.7 Å². The first-order chi connectivity index (χ1) is 5.27. The van der Waals surface area contributed by atoms with Crippen LogP contribution >= 0.6 is 11.6 Å². The molecule has 1 rings (SSSR count). The second-order valence-corrected chi connectivity index (χ2v) is 2.63. The topological polar surface area (TPSA) is 30.2 Å². The molecule has 11 heavy (non-hydrogen) atoms. The molecule has 0 aromatic carbocycles. The SMILES string of the molecule is CC(C=O)c1ccc(CCl)o1. The van der Waals surface area contributed by atoms with Crippen LogP contribution in [0.5, 0.6) is 0 Å². The molecule has 0 spiro atoms. The van der Waals surface area contributed by atoms with Gasteiger partial charge in [-0.1, -0.05) is 0 Å². The van der Waals surface area contributed by atoms with E-state index in [0.29, 0.717) is 17.4 Å². The highest BCUT2D eigenvalue weighted by molar-refractivity contribution is 6.16. The van der Waals surface area contributed by atoms with Crippen LogP contribution in [-0.4, -0.2) is 6.29 Å². The number of carbonyl (C=O) groups excluding carboxylic acids is 1. The highest BCUT2D eigenvalue weighted by Crippen LogP contribution is 2.17. The maximum absolute atomic E-state index is 10.3. The summed E-state index contributed by atoms with van der Waals surface area (Å²) < 4.78 is 5.22. The van der Waals surface area contributed by atoms with Crippen molar-refractivity contribution in [1.82, 2.24) is 0 Å². The fourth-order valence-electron chi connectivity index (χ4n) is 0.778. The first kappa shape index (κ1) is 8.34. The lowest BCUT2D eigenvalue weighted by Crippen LogP contribution is -1.90. The van der Waals surface area contributed by atoms with E-state index in [-0.39, 0.29) is 5.92 Å². The average molecular weight is 173 g/mol. The summed E-state index contributed by atoms with van der Waals surface area (Å²) in [6, 6.07) is 3.55. The monoisotopic (exact) mass is 172 g/mol. The van der Waals surface area contributed by atoms with Crippen molar-refractivity contribution in [2.75, 3.05) is 0 Å². The van der Waals surface area contributed by atoms with E-state index in [4.69, 9.17) is 16.0 Å². The van der Waals surface area contributed by atoms with Crippen LogP contribution < -0.4 is 0 Å². The first-order valence-electron chi connectivity index (χ1n) is 3.37. The lowest BCUT2D eigenvalue weighted by molar-refractivity contribution is -0.109. The molecule has 1 aromatic heterocycles. The van der Waals surface area contributed by atoms with Crippen LogP contribution in [0.4, 0.5) is 0 Å². The molecule has 0 aliphatic heterocycles. The Morgan fingerprint density at radius 1 is 1.73 bits per heavy atom. The van der Waals surface area contributed by atoms with Crippen LogP contribution in [0, 0.1) is 0 Å². The van der Waals surface area contributed by atoms with Gasteiger partial charge in [0.15, 0.2) is 0 Å². The highest BCUT2D eigenvalue weighted by Gasteiger charge is 2.07. The predicted molar refractivity (Wildman–Crippen MR) is 42.7 cm³/mol. The zero-order valence-corrected chi connectivity index (χ0v) is 6.97. The lowest BCUT2D eigenvalue weighted by atomic mass is 10.1. The molecule has 60 valence electrons. The van der Waals surface area contributed by atoms with E-state index in [1.165, 1.54) is 0 Å². The number of alkyl halides is 1. The van der Waals surface area contributed by atoms with Crippen LogP contribution in [0.25, 0.3) is 0 Å². The minimum Gasteiger partial charge on any atom is -0.464 e. The Bertz CT molecular complexity index is 242. The summed E-state index contributed by atoms with van der Waals surface area (Å²) >= 11 is 5.51. The van der Waals surface area contributed by atoms with Crippen LogP contribution in [0.3, 0.4) is 0 Å². The van der Waals surface area contributed by atoms with E-state index in [1.807, 2.05) is 0 Å². The van der Waals surface area contributed by atoms with Crippen molar-refractivity contribution in [1.29, 1.82) is 0 Å². The number of carbonyl (C=O) groups is 1. The molecule has 1 atom stereocenters. The van der Waals surface area contributed by atoms with Gasteiger partial charge >= 0.3 is 0 Å². The second-order valence-electron chi connectivity index (χ2n) is 2.36. The summed E-state index contributed by atoms with van der Waals surface area (Å²) in [5.74, 6) is 1.56. The normalized spacial score (nSPS) is 12.9. The van der Waals surface area contributed by atoms with E-state index in [0.717, 1.165) is 6.29 Å². The summed E-state index contributed by atoms with van der Waals surface area (Å²) in [6.07, 6.45) is 0.844. The number of rotatable bonds is 3. The maximum atomic E-state index is 10.3. The van der Waals surface area contributed by atoms with Crippen LogP contribution in [0.2, 0.25) is 0 Å². The number of hydrogen-bond donors (Lipinski definition) is 0. The van der Waals surface area contributed by atoms with Gasteiger partial charge in [0.05, 0.1) is 11.8 Å². The Morgan fingerprint density at radius 2 is 2.45 bits per heavy atom. The van der Waals surface area contributed by atoms with Crippen LogP contribution in [-0.2, 0) is 10.7 Å². The number of aldehydes is 1. The van der Waals surface area contributed by atoms with Gasteiger partial charge in [0, 0.05) is 0 Å². The van der Waals surface area contributed by atoms with Crippen LogP contribution in [0.15, 0.2) is 16.5 Å². The summed E-state index contributed by atoms with van der Waals surface area (Å²) in [5, 5.41) is 0. The third kappa shape index (κ3) is 1.84. The molecule has 0 aliphatic carbocycles. The Kier molecular flexibility index (Phi) is 2.71. The molecule has 0 fully saturated rings. The molecule has 0 N–H and O–H groups in total. The lowest BCUT2D eigenvalue weighted by Gasteiger charge is -1.95. The van der Waals surface area contributed by atoms with Crippen molar-refractivity contribution in [3.63, 3.8) is 0 Å². The molecule has 0 saturated heterocycles. The number of hydrogen-bond acceptors (Lipinski definition) is 2. The van der Waals surface area contributed by atoms with Gasteiger partial charge in [-0.05, 0) is 19.1 Å². The van der Waals surface area contributed by atoms with Gasteiger partial charge in [-0.3, -0.25) is 0 Å². The Balaban J connectivity index is 2.79. The van der Waals surface area contributed by atoms with Gasteiger partial charge < -0.3 is 9.21 Å². The molecule has 0 radical (unpaired) electrons. The standard InChI is InChI=1S/C8H9ClO2/c1-6(5-10)8-3-2-7(4-9)11-8/h2-3,5-6H,4H2,1H3. The highest BCUT2D eigenvalue weighted by atomic mass is 35.5. The minimum absolute atomic E-state index is 0.174. The van der Waals surface area contributed by atoms with E-state index in [1.54, 1.807) is 19.1 Å². The summed E-state index contributed by atoms with van der Waals surface area (Å²) in [5.41, 5.74) is 0. The van der Waals surface area contributed by atoms with Crippen molar-refractivity contribution in [2.24, 2.45) is 0 Å². The Labute approximate surface area is 70.2 Å². The van der Waals surface area contributed by atoms with E-state index in [9.17, 15) is 4.79 Å².